The van der Waals surface area contributed by atoms with Gasteiger partial charge < -0.3 is 5.11 Å². The van der Waals surface area contributed by atoms with Crippen LogP contribution in [0.15, 0.2) is 23.1 Å². The molecule has 0 saturated carbocycles. The van der Waals surface area contributed by atoms with Crippen LogP contribution in [0.2, 0.25) is 0 Å². The number of nitro groups is 1. The molecule has 0 radical (unpaired) electrons. The van der Waals surface area contributed by atoms with Gasteiger partial charge in [-0.3, -0.25) is 14.9 Å². The van der Waals surface area contributed by atoms with Crippen LogP contribution in [0, 0.1) is 17.0 Å². The highest BCUT2D eigenvalue weighted by molar-refractivity contribution is 7.89. The molecule has 1 N–H and O–H groups in total. The Bertz CT molecular complexity index is 656. The third-order valence-electron chi connectivity index (χ3n) is 3.00. The number of nitro benzene ring substituents is 1. The van der Waals surface area contributed by atoms with E-state index in [2.05, 4.69) is 0 Å². The number of carboxylic acids is 1. The lowest BCUT2D eigenvalue weighted by atomic mass is 10.2. The van der Waals surface area contributed by atoms with Gasteiger partial charge in [0.2, 0.25) is 10.0 Å². The first-order valence-corrected chi connectivity index (χ1v) is 7.54. The minimum atomic E-state index is -3.89. The first-order chi connectivity index (χ1) is 9.67. The molecule has 0 bridgehead atoms. The SMILES string of the molecule is Cc1c([N+](=O)[O-])cccc1S(=O)(=O)N(C)CCCC(=O)O. The molecule has 0 saturated heterocycles. The van der Waals surface area contributed by atoms with E-state index in [-0.39, 0.29) is 35.5 Å². The molecular formula is C12H16N2O6S. The zero-order valence-electron chi connectivity index (χ0n) is 11.6. The summed E-state index contributed by atoms with van der Waals surface area (Å²) >= 11 is 0. The van der Waals surface area contributed by atoms with Crippen molar-refractivity contribution in [3.63, 3.8) is 0 Å². The molecule has 21 heavy (non-hydrogen) atoms. The zero-order valence-corrected chi connectivity index (χ0v) is 12.5. The lowest BCUT2D eigenvalue weighted by molar-refractivity contribution is -0.385. The molecule has 0 aliphatic rings. The Hall–Kier alpha value is -2.00. The molecule has 0 aliphatic carbocycles. The molecule has 9 heteroatoms. The standard InChI is InChI=1S/C12H16N2O6S/c1-9-10(14(17)18)5-3-6-11(9)21(19,20)13(2)8-4-7-12(15)16/h3,5-6H,4,7-8H2,1-2H3,(H,15,16). The second-order valence-electron chi connectivity index (χ2n) is 4.48. The van der Waals surface area contributed by atoms with Crippen LogP contribution < -0.4 is 0 Å². The van der Waals surface area contributed by atoms with Gasteiger partial charge in [-0.2, -0.15) is 0 Å². The predicted molar refractivity (Wildman–Crippen MR) is 74.5 cm³/mol. The molecule has 8 nitrogen and oxygen atoms in total. The number of nitrogens with zero attached hydrogens (tertiary/aromatic N) is 2. The van der Waals surface area contributed by atoms with E-state index < -0.39 is 20.9 Å². The van der Waals surface area contributed by atoms with Gasteiger partial charge in [0.15, 0.2) is 0 Å². The molecule has 0 heterocycles. The normalized spacial score (nSPS) is 11.6. The van der Waals surface area contributed by atoms with Crippen molar-refractivity contribution in [3.8, 4) is 0 Å². The van der Waals surface area contributed by atoms with E-state index in [1.807, 2.05) is 0 Å². The second kappa shape index (κ2) is 6.64. The Morgan fingerprint density at radius 1 is 1.43 bits per heavy atom. The van der Waals surface area contributed by atoms with Gasteiger partial charge in [-0.05, 0) is 19.4 Å². The van der Waals surface area contributed by atoms with Gasteiger partial charge in [-0.1, -0.05) is 6.07 Å². The Kier molecular flexibility index (Phi) is 5.39. The van der Waals surface area contributed by atoms with Crippen molar-refractivity contribution in [3.05, 3.63) is 33.9 Å². The van der Waals surface area contributed by atoms with Gasteiger partial charge in [-0.25, -0.2) is 12.7 Å². The van der Waals surface area contributed by atoms with Crippen LogP contribution in [0.3, 0.4) is 0 Å². The zero-order chi connectivity index (χ0) is 16.2. The number of carbonyl (C=O) groups is 1. The molecule has 116 valence electrons. The van der Waals surface area contributed by atoms with Crippen LogP contribution in [0.25, 0.3) is 0 Å². The van der Waals surface area contributed by atoms with E-state index in [0.717, 1.165) is 4.31 Å². The molecule has 0 aliphatic heterocycles. The summed E-state index contributed by atoms with van der Waals surface area (Å²) in [7, 11) is -2.57. The van der Waals surface area contributed by atoms with Crippen molar-refractivity contribution < 1.29 is 23.2 Å². The molecule has 0 atom stereocenters. The van der Waals surface area contributed by atoms with Gasteiger partial charge in [-0.15, -0.1) is 0 Å². The third-order valence-corrected chi connectivity index (χ3v) is 5.01. The van der Waals surface area contributed by atoms with E-state index in [1.54, 1.807) is 0 Å². The van der Waals surface area contributed by atoms with Crippen molar-refractivity contribution >= 4 is 21.7 Å². The highest BCUT2D eigenvalue weighted by Crippen LogP contribution is 2.26. The summed E-state index contributed by atoms with van der Waals surface area (Å²) < 4.78 is 25.7. The molecule has 0 amide bonds. The summed E-state index contributed by atoms with van der Waals surface area (Å²) in [5.41, 5.74) is -0.206. The van der Waals surface area contributed by atoms with Gasteiger partial charge in [0, 0.05) is 31.6 Å². The highest BCUT2D eigenvalue weighted by Gasteiger charge is 2.26. The van der Waals surface area contributed by atoms with Crippen LogP contribution in [-0.4, -0.2) is 42.3 Å². The van der Waals surface area contributed by atoms with Crippen LogP contribution in [0.5, 0.6) is 0 Å². The van der Waals surface area contributed by atoms with Crippen molar-refractivity contribution in [2.75, 3.05) is 13.6 Å². The van der Waals surface area contributed by atoms with Gasteiger partial charge in [0.1, 0.15) is 0 Å². The Morgan fingerprint density at radius 3 is 2.57 bits per heavy atom. The minimum absolute atomic E-state index is 0.0246. The summed E-state index contributed by atoms with van der Waals surface area (Å²) in [6.07, 6.45) is 0.0207. The quantitative estimate of drug-likeness (QED) is 0.600. The number of carboxylic acid groups (broad SMARTS) is 1. The number of sulfonamides is 1. The molecule has 1 aromatic carbocycles. The monoisotopic (exact) mass is 316 g/mol. The average Bonchev–Trinajstić information content (AvgIpc) is 2.37. The second-order valence-corrected chi connectivity index (χ2v) is 6.49. The number of benzene rings is 1. The van der Waals surface area contributed by atoms with E-state index in [4.69, 9.17) is 5.11 Å². The fraction of sp³-hybridized carbons (Fsp3) is 0.417. The molecule has 1 aromatic rings. The maximum Gasteiger partial charge on any atom is 0.303 e. The lowest BCUT2D eigenvalue weighted by Gasteiger charge is -2.18. The number of rotatable bonds is 7. The number of hydrogen-bond acceptors (Lipinski definition) is 5. The van der Waals surface area contributed by atoms with Crippen LogP contribution in [0.1, 0.15) is 18.4 Å². The fourth-order valence-electron chi connectivity index (χ4n) is 1.82. The topological polar surface area (TPSA) is 118 Å². The average molecular weight is 316 g/mol. The molecule has 0 unspecified atom stereocenters. The van der Waals surface area contributed by atoms with E-state index in [0.29, 0.717) is 0 Å². The minimum Gasteiger partial charge on any atom is -0.481 e. The van der Waals surface area contributed by atoms with E-state index >= 15 is 0 Å². The van der Waals surface area contributed by atoms with E-state index in [9.17, 15) is 23.3 Å². The largest absolute Gasteiger partial charge is 0.481 e. The van der Waals surface area contributed by atoms with Crippen molar-refractivity contribution in [2.24, 2.45) is 0 Å². The molecule has 0 spiro atoms. The first kappa shape index (κ1) is 17.1. The Morgan fingerprint density at radius 2 is 2.05 bits per heavy atom. The highest BCUT2D eigenvalue weighted by atomic mass is 32.2. The molecule has 0 aromatic heterocycles. The van der Waals surface area contributed by atoms with Crippen LogP contribution in [-0.2, 0) is 14.8 Å². The number of aliphatic carboxylic acids is 1. The maximum atomic E-state index is 12.4. The number of hydrogen-bond donors (Lipinski definition) is 1. The summed E-state index contributed by atoms with van der Waals surface area (Å²) in [5, 5.41) is 19.4. The fourth-order valence-corrected chi connectivity index (χ4v) is 3.27. The Balaban J connectivity index is 3.05. The summed E-state index contributed by atoms with van der Waals surface area (Å²) in [6, 6.07) is 3.84. The Labute approximate surface area is 122 Å². The first-order valence-electron chi connectivity index (χ1n) is 6.10. The van der Waals surface area contributed by atoms with Crippen molar-refractivity contribution in [1.82, 2.24) is 4.31 Å². The lowest BCUT2D eigenvalue weighted by Crippen LogP contribution is -2.29. The van der Waals surface area contributed by atoms with Crippen LogP contribution >= 0.6 is 0 Å². The summed E-state index contributed by atoms with van der Waals surface area (Å²) in [4.78, 5) is 20.5. The van der Waals surface area contributed by atoms with Gasteiger partial charge >= 0.3 is 5.97 Å². The maximum absolute atomic E-state index is 12.4. The van der Waals surface area contributed by atoms with Gasteiger partial charge in [0.25, 0.3) is 5.69 Å². The third kappa shape index (κ3) is 3.99. The molecular weight excluding hydrogens is 300 g/mol. The van der Waals surface area contributed by atoms with E-state index in [1.165, 1.54) is 32.2 Å². The molecule has 0 fully saturated rings. The van der Waals surface area contributed by atoms with Gasteiger partial charge in [0.05, 0.1) is 9.82 Å². The molecule has 1 rings (SSSR count). The predicted octanol–water partition coefficient (Wildman–Crippen LogP) is 1.39. The van der Waals surface area contributed by atoms with Crippen molar-refractivity contribution in [1.29, 1.82) is 0 Å². The van der Waals surface area contributed by atoms with Crippen LogP contribution in [0.4, 0.5) is 5.69 Å². The summed E-state index contributed by atoms with van der Waals surface area (Å²) in [5.74, 6) is -1.01. The van der Waals surface area contributed by atoms with Crippen molar-refractivity contribution in [2.45, 2.75) is 24.7 Å². The summed E-state index contributed by atoms with van der Waals surface area (Å²) in [6.45, 7) is 1.40. The smallest absolute Gasteiger partial charge is 0.303 e.